The summed E-state index contributed by atoms with van der Waals surface area (Å²) >= 11 is 0. The van der Waals surface area contributed by atoms with E-state index in [1.165, 1.54) is 37.5 Å². The summed E-state index contributed by atoms with van der Waals surface area (Å²) in [6.07, 6.45) is 4.39. The van der Waals surface area contributed by atoms with Crippen LogP contribution in [0.1, 0.15) is 16.7 Å². The molecule has 8 heteroatoms. The Balaban J connectivity index is 2.10. The van der Waals surface area contributed by atoms with Crippen molar-refractivity contribution in [1.82, 2.24) is 5.32 Å². The first-order chi connectivity index (χ1) is 13.9. The third kappa shape index (κ3) is 5.51. The first kappa shape index (κ1) is 21.3. The smallest absolute Gasteiger partial charge is 0.262 e. The molecule has 0 spiro atoms. The molecule has 29 heavy (non-hydrogen) atoms. The number of nitriles is 1. The lowest BCUT2D eigenvalue weighted by atomic mass is 10.1. The lowest BCUT2D eigenvalue weighted by Crippen LogP contribution is -2.23. The van der Waals surface area contributed by atoms with E-state index in [4.69, 9.17) is 4.74 Å². The lowest BCUT2D eigenvalue weighted by Gasteiger charge is -2.08. The topological polar surface area (TPSA) is 143 Å². The van der Waals surface area contributed by atoms with E-state index in [0.717, 1.165) is 0 Å². The van der Waals surface area contributed by atoms with Gasteiger partial charge in [0, 0.05) is 12.1 Å². The molecule has 0 saturated heterocycles. The molecule has 0 heterocycles. The highest BCUT2D eigenvalue weighted by molar-refractivity contribution is 5.97. The van der Waals surface area contributed by atoms with Crippen molar-refractivity contribution < 1.29 is 30.0 Å². The zero-order valence-electron chi connectivity index (χ0n) is 15.6. The van der Waals surface area contributed by atoms with Crippen molar-refractivity contribution in [2.75, 3.05) is 7.11 Å². The number of allylic oxidation sites excluding steroid dienone is 2. The van der Waals surface area contributed by atoms with Crippen LogP contribution in [0.2, 0.25) is 0 Å². The van der Waals surface area contributed by atoms with Crippen LogP contribution in [0.5, 0.6) is 23.0 Å². The summed E-state index contributed by atoms with van der Waals surface area (Å²) in [6.45, 7) is -0.317. The van der Waals surface area contributed by atoms with Crippen LogP contribution in [-0.4, -0.2) is 33.4 Å². The summed E-state index contributed by atoms with van der Waals surface area (Å²) in [4.78, 5) is 12.2. The second-order valence-corrected chi connectivity index (χ2v) is 5.95. The van der Waals surface area contributed by atoms with Crippen LogP contribution >= 0.6 is 0 Å². The number of benzene rings is 2. The number of carbonyl (C=O) groups excluding carboxylic acids is 1. The highest BCUT2D eigenvalue weighted by Gasteiger charge is 2.10. The van der Waals surface area contributed by atoms with Gasteiger partial charge in [0.25, 0.3) is 5.91 Å². The number of ether oxygens (including phenoxy) is 1. The number of amides is 1. The molecule has 0 aliphatic carbocycles. The van der Waals surface area contributed by atoms with Gasteiger partial charge < -0.3 is 30.5 Å². The fourth-order valence-electron chi connectivity index (χ4n) is 2.44. The molecule has 0 saturated carbocycles. The van der Waals surface area contributed by atoms with Gasteiger partial charge in [0.1, 0.15) is 11.6 Å². The van der Waals surface area contributed by atoms with Gasteiger partial charge in [-0.2, -0.15) is 5.26 Å². The molecule has 0 aliphatic rings. The normalized spacial score (nSPS) is 11.3. The molecule has 150 valence electrons. The van der Waals surface area contributed by atoms with Gasteiger partial charge in [0.05, 0.1) is 13.7 Å². The number of hydrogen-bond donors (Lipinski definition) is 5. The standard InChI is InChI=1S/C21H20N2O6/c1-29-19-9-13(7-16(12-24)20(19)27)3-2-4-15(10-22)21(28)23-11-14-5-6-17(25)18(26)8-14/h2-9,24-27H,11-12H2,1H3,(H,23,28). The van der Waals surface area contributed by atoms with Gasteiger partial charge in [0.15, 0.2) is 23.0 Å². The largest absolute Gasteiger partial charge is 0.504 e. The Morgan fingerprint density at radius 3 is 2.59 bits per heavy atom. The Hall–Kier alpha value is -3.96. The number of methoxy groups -OCH3 is 1. The number of phenols is 3. The second kappa shape index (κ2) is 9.82. The van der Waals surface area contributed by atoms with E-state index in [1.54, 1.807) is 24.3 Å². The molecular formula is C21H20N2O6. The molecule has 2 aromatic carbocycles. The van der Waals surface area contributed by atoms with E-state index in [-0.39, 0.29) is 47.3 Å². The van der Waals surface area contributed by atoms with Crippen LogP contribution in [0, 0.1) is 11.3 Å². The zero-order valence-corrected chi connectivity index (χ0v) is 15.6. The van der Waals surface area contributed by atoms with Crippen LogP contribution < -0.4 is 10.1 Å². The number of nitrogens with zero attached hydrogens (tertiary/aromatic N) is 1. The van der Waals surface area contributed by atoms with Crippen molar-refractivity contribution in [3.63, 3.8) is 0 Å². The molecule has 0 aromatic heterocycles. The van der Waals surface area contributed by atoms with Gasteiger partial charge >= 0.3 is 0 Å². The molecule has 0 atom stereocenters. The fourth-order valence-corrected chi connectivity index (χ4v) is 2.44. The van der Waals surface area contributed by atoms with E-state index in [2.05, 4.69) is 5.32 Å². The van der Waals surface area contributed by atoms with E-state index in [0.29, 0.717) is 11.1 Å². The Bertz CT molecular complexity index is 980. The minimum Gasteiger partial charge on any atom is -0.504 e. The SMILES string of the molecule is COc1cc(C=CC=C(C#N)C(=O)NCc2ccc(O)c(O)c2)cc(CO)c1O. The maximum absolute atomic E-state index is 12.2. The quantitative estimate of drug-likeness (QED) is 0.209. The summed E-state index contributed by atoms with van der Waals surface area (Å²) in [5.74, 6) is -1.14. The van der Waals surface area contributed by atoms with Gasteiger partial charge in [-0.25, -0.2) is 0 Å². The molecule has 1 amide bonds. The fraction of sp³-hybridized carbons (Fsp3) is 0.143. The maximum atomic E-state index is 12.2. The molecule has 2 aromatic rings. The van der Waals surface area contributed by atoms with E-state index < -0.39 is 5.91 Å². The molecule has 0 bridgehead atoms. The third-order valence-corrected chi connectivity index (χ3v) is 3.98. The van der Waals surface area contributed by atoms with Crippen molar-refractivity contribution in [2.24, 2.45) is 0 Å². The molecular weight excluding hydrogens is 376 g/mol. The number of aromatic hydroxyl groups is 3. The van der Waals surface area contributed by atoms with Crippen LogP contribution in [0.4, 0.5) is 0 Å². The Morgan fingerprint density at radius 1 is 1.21 bits per heavy atom. The third-order valence-electron chi connectivity index (χ3n) is 3.98. The molecule has 0 fully saturated rings. The maximum Gasteiger partial charge on any atom is 0.262 e. The minimum absolute atomic E-state index is 0.0599. The summed E-state index contributed by atoms with van der Waals surface area (Å²) < 4.78 is 5.04. The molecule has 2 rings (SSSR count). The highest BCUT2D eigenvalue weighted by Crippen LogP contribution is 2.32. The molecule has 0 radical (unpaired) electrons. The number of phenolic OH excluding ortho intramolecular Hbond substituents is 2. The van der Waals surface area contributed by atoms with Crippen LogP contribution in [-0.2, 0) is 17.9 Å². The predicted octanol–water partition coefficient (Wildman–Crippen LogP) is 2.08. The highest BCUT2D eigenvalue weighted by atomic mass is 16.5. The number of aliphatic hydroxyl groups excluding tert-OH is 1. The Labute approximate surface area is 167 Å². The van der Waals surface area contributed by atoms with Gasteiger partial charge in [-0.1, -0.05) is 18.2 Å². The monoisotopic (exact) mass is 396 g/mol. The summed E-state index contributed by atoms with van der Waals surface area (Å²) in [5, 5.41) is 49.7. The summed E-state index contributed by atoms with van der Waals surface area (Å²) in [5.41, 5.74) is 1.28. The Morgan fingerprint density at radius 2 is 1.97 bits per heavy atom. The minimum atomic E-state index is -0.607. The van der Waals surface area contributed by atoms with Crippen molar-refractivity contribution >= 4 is 12.0 Å². The van der Waals surface area contributed by atoms with Crippen molar-refractivity contribution in [3.8, 4) is 29.1 Å². The number of aliphatic hydroxyl groups is 1. The molecule has 0 aliphatic heterocycles. The van der Waals surface area contributed by atoms with Gasteiger partial charge in [0.2, 0.25) is 0 Å². The average Bonchev–Trinajstić information content (AvgIpc) is 2.72. The molecule has 0 unspecified atom stereocenters. The first-order valence-corrected chi connectivity index (χ1v) is 8.47. The average molecular weight is 396 g/mol. The van der Waals surface area contributed by atoms with Crippen LogP contribution in [0.15, 0.2) is 48.1 Å². The van der Waals surface area contributed by atoms with E-state index in [1.807, 2.05) is 0 Å². The summed E-state index contributed by atoms with van der Waals surface area (Å²) in [6, 6.07) is 9.03. The Kier molecular flexibility index (Phi) is 7.23. The van der Waals surface area contributed by atoms with Crippen molar-refractivity contribution in [1.29, 1.82) is 5.26 Å². The number of rotatable bonds is 7. The van der Waals surface area contributed by atoms with Crippen LogP contribution in [0.25, 0.3) is 6.08 Å². The first-order valence-electron chi connectivity index (χ1n) is 8.47. The van der Waals surface area contributed by atoms with Crippen molar-refractivity contribution in [2.45, 2.75) is 13.2 Å². The van der Waals surface area contributed by atoms with Gasteiger partial charge in [-0.3, -0.25) is 4.79 Å². The zero-order chi connectivity index (χ0) is 21.4. The van der Waals surface area contributed by atoms with E-state index >= 15 is 0 Å². The van der Waals surface area contributed by atoms with E-state index in [9.17, 15) is 30.5 Å². The number of nitrogens with one attached hydrogen (secondary N) is 1. The number of hydrogen-bond acceptors (Lipinski definition) is 7. The predicted molar refractivity (Wildman–Crippen MR) is 105 cm³/mol. The van der Waals surface area contributed by atoms with Crippen molar-refractivity contribution in [3.05, 3.63) is 64.7 Å². The van der Waals surface area contributed by atoms with Crippen LogP contribution in [0.3, 0.4) is 0 Å². The number of carbonyl (C=O) groups is 1. The lowest BCUT2D eigenvalue weighted by molar-refractivity contribution is -0.117. The second-order valence-electron chi connectivity index (χ2n) is 5.95. The molecule has 5 N–H and O–H groups in total. The summed E-state index contributed by atoms with van der Waals surface area (Å²) in [7, 11) is 1.38. The van der Waals surface area contributed by atoms with Gasteiger partial charge in [-0.05, 0) is 41.5 Å². The van der Waals surface area contributed by atoms with Gasteiger partial charge in [-0.15, -0.1) is 0 Å². The molecule has 8 nitrogen and oxygen atoms in total.